The van der Waals surface area contributed by atoms with E-state index in [1.807, 2.05) is 18.0 Å². The molecular weight excluding hydrogens is 216 g/mol. The van der Waals surface area contributed by atoms with Crippen molar-refractivity contribution in [2.24, 2.45) is 5.92 Å². The second-order valence-electron chi connectivity index (χ2n) is 4.45. The first-order valence-electron chi connectivity index (χ1n) is 5.76. The zero-order valence-electron chi connectivity index (χ0n) is 9.85. The highest BCUT2D eigenvalue weighted by Gasteiger charge is 2.34. The molecule has 1 aliphatic rings. The van der Waals surface area contributed by atoms with Crippen LogP contribution in [0.1, 0.15) is 20.3 Å². The minimum Gasteiger partial charge on any atom is -0.501 e. The number of hydrogen-bond acceptors (Lipinski definition) is 2. The summed E-state index contributed by atoms with van der Waals surface area (Å²) >= 11 is 1.95. The van der Waals surface area contributed by atoms with E-state index in [-0.39, 0.29) is 4.75 Å². The molecule has 0 bridgehead atoms. The number of thioether (sulfide) groups is 1. The summed E-state index contributed by atoms with van der Waals surface area (Å²) in [7, 11) is 0. The molecule has 2 rings (SSSR count). The molecule has 1 nitrogen and oxygen atoms in total. The third-order valence-corrected chi connectivity index (χ3v) is 4.78. The van der Waals surface area contributed by atoms with Crippen LogP contribution in [0.5, 0.6) is 0 Å². The van der Waals surface area contributed by atoms with Crippen molar-refractivity contribution in [2.45, 2.75) is 29.9 Å². The maximum absolute atomic E-state index is 5.32. The number of rotatable bonds is 3. The van der Waals surface area contributed by atoms with Gasteiger partial charge in [-0.15, -0.1) is 11.8 Å². The summed E-state index contributed by atoms with van der Waals surface area (Å²) in [6.45, 7) is 5.39. The average Bonchev–Trinajstić information content (AvgIpc) is 2.31. The summed E-state index contributed by atoms with van der Waals surface area (Å²) < 4.78 is 5.51. The van der Waals surface area contributed by atoms with Gasteiger partial charge in [-0.25, -0.2) is 0 Å². The first-order chi connectivity index (χ1) is 7.73. The second kappa shape index (κ2) is 4.96. The summed E-state index contributed by atoms with van der Waals surface area (Å²) in [5, 5.41) is 0. The quantitative estimate of drug-likeness (QED) is 0.778. The predicted octanol–water partition coefficient (Wildman–Crippen LogP) is 4.11. The molecular formula is C14H18OS. The predicted molar refractivity (Wildman–Crippen MR) is 69.6 cm³/mol. The average molecular weight is 234 g/mol. The van der Waals surface area contributed by atoms with Gasteiger partial charge in [0, 0.05) is 16.1 Å². The molecule has 2 heteroatoms. The van der Waals surface area contributed by atoms with Gasteiger partial charge in [-0.3, -0.25) is 0 Å². The van der Waals surface area contributed by atoms with Crippen molar-refractivity contribution in [3.05, 3.63) is 42.7 Å². The monoisotopic (exact) mass is 234 g/mol. The highest BCUT2D eigenvalue weighted by atomic mass is 32.2. The van der Waals surface area contributed by atoms with Crippen LogP contribution in [-0.4, -0.2) is 11.4 Å². The molecule has 0 saturated carbocycles. The molecule has 1 aliphatic heterocycles. The van der Waals surface area contributed by atoms with Crippen LogP contribution in [0.3, 0.4) is 0 Å². The molecule has 1 atom stereocenters. The number of ether oxygens (including phenoxy) is 1. The lowest BCUT2D eigenvalue weighted by Gasteiger charge is -2.36. The van der Waals surface area contributed by atoms with Crippen LogP contribution in [0.25, 0.3) is 0 Å². The summed E-state index contributed by atoms with van der Waals surface area (Å²) in [6.07, 6.45) is 5.17. The van der Waals surface area contributed by atoms with Gasteiger partial charge in [0.15, 0.2) is 0 Å². The fourth-order valence-electron chi connectivity index (χ4n) is 1.93. The van der Waals surface area contributed by atoms with Crippen LogP contribution >= 0.6 is 11.8 Å². The van der Waals surface area contributed by atoms with Gasteiger partial charge in [0.05, 0.1) is 12.9 Å². The van der Waals surface area contributed by atoms with Gasteiger partial charge in [-0.2, -0.15) is 0 Å². The Bertz CT molecular complexity index is 358. The Balaban J connectivity index is 2.21. The van der Waals surface area contributed by atoms with E-state index in [4.69, 9.17) is 4.74 Å². The summed E-state index contributed by atoms with van der Waals surface area (Å²) in [4.78, 5) is 1.34. The highest BCUT2D eigenvalue weighted by molar-refractivity contribution is 8.00. The van der Waals surface area contributed by atoms with Gasteiger partial charge < -0.3 is 4.74 Å². The van der Waals surface area contributed by atoms with E-state index >= 15 is 0 Å². The van der Waals surface area contributed by atoms with Crippen LogP contribution in [0, 0.1) is 5.92 Å². The molecule has 0 aromatic heterocycles. The Morgan fingerprint density at radius 2 is 2.00 bits per heavy atom. The Morgan fingerprint density at radius 1 is 1.25 bits per heavy atom. The van der Waals surface area contributed by atoms with Crippen molar-refractivity contribution in [3.8, 4) is 0 Å². The molecule has 1 aromatic rings. The second-order valence-corrected chi connectivity index (χ2v) is 5.88. The molecule has 1 unspecified atom stereocenters. The van der Waals surface area contributed by atoms with E-state index in [0.29, 0.717) is 5.92 Å². The van der Waals surface area contributed by atoms with Crippen molar-refractivity contribution in [2.75, 3.05) is 6.61 Å². The smallest absolute Gasteiger partial charge is 0.0889 e. The van der Waals surface area contributed by atoms with E-state index in [2.05, 4.69) is 50.3 Å². The Labute approximate surface area is 102 Å². The van der Waals surface area contributed by atoms with Gasteiger partial charge in [0.2, 0.25) is 0 Å². The Hall–Kier alpha value is -0.890. The van der Waals surface area contributed by atoms with Crippen LogP contribution in [0.2, 0.25) is 0 Å². The molecule has 1 aromatic carbocycles. The van der Waals surface area contributed by atoms with Gasteiger partial charge in [-0.1, -0.05) is 32.0 Å². The Morgan fingerprint density at radius 3 is 2.56 bits per heavy atom. The maximum Gasteiger partial charge on any atom is 0.0889 e. The molecule has 0 N–H and O–H groups in total. The molecule has 0 spiro atoms. The van der Waals surface area contributed by atoms with Crippen LogP contribution < -0.4 is 0 Å². The molecule has 0 radical (unpaired) electrons. The topological polar surface area (TPSA) is 9.23 Å². The first kappa shape index (κ1) is 11.6. The van der Waals surface area contributed by atoms with Crippen molar-refractivity contribution >= 4 is 11.8 Å². The molecule has 1 heterocycles. The van der Waals surface area contributed by atoms with Crippen molar-refractivity contribution in [1.82, 2.24) is 0 Å². The van der Waals surface area contributed by atoms with Crippen LogP contribution in [0.15, 0.2) is 47.6 Å². The SMILES string of the molecule is CC(C)C1(Sc2ccccc2)C=COCC1. The third kappa shape index (κ3) is 2.43. The third-order valence-electron chi connectivity index (χ3n) is 3.09. The van der Waals surface area contributed by atoms with Crippen molar-refractivity contribution < 1.29 is 4.74 Å². The molecule has 0 amide bonds. The van der Waals surface area contributed by atoms with Crippen LogP contribution in [0.4, 0.5) is 0 Å². The van der Waals surface area contributed by atoms with Gasteiger partial charge in [0.25, 0.3) is 0 Å². The Kier molecular flexibility index (Phi) is 3.59. The summed E-state index contributed by atoms with van der Waals surface area (Å²) in [6, 6.07) is 10.6. The standard InChI is InChI=1S/C14H18OS/c1-12(2)14(8-10-15-11-9-14)16-13-6-4-3-5-7-13/h3-8,10,12H,9,11H2,1-2H3. The molecule has 0 aliphatic carbocycles. The zero-order chi connectivity index (χ0) is 11.4. The van der Waals surface area contributed by atoms with Crippen molar-refractivity contribution in [3.63, 3.8) is 0 Å². The van der Waals surface area contributed by atoms with E-state index in [0.717, 1.165) is 13.0 Å². The van der Waals surface area contributed by atoms with E-state index in [1.54, 1.807) is 0 Å². The molecule has 16 heavy (non-hydrogen) atoms. The fraction of sp³-hybridized carbons (Fsp3) is 0.429. The zero-order valence-corrected chi connectivity index (χ0v) is 10.7. The fourth-order valence-corrected chi connectivity index (χ4v) is 3.20. The number of benzene rings is 1. The lowest BCUT2D eigenvalue weighted by atomic mass is 9.91. The minimum absolute atomic E-state index is 0.194. The first-order valence-corrected chi connectivity index (χ1v) is 6.58. The molecule has 0 fully saturated rings. The lowest BCUT2D eigenvalue weighted by Crippen LogP contribution is -2.32. The van der Waals surface area contributed by atoms with Gasteiger partial charge in [0.1, 0.15) is 0 Å². The maximum atomic E-state index is 5.32. The van der Waals surface area contributed by atoms with Gasteiger partial charge >= 0.3 is 0 Å². The molecule has 0 saturated heterocycles. The minimum atomic E-state index is 0.194. The van der Waals surface area contributed by atoms with Crippen molar-refractivity contribution in [1.29, 1.82) is 0 Å². The number of hydrogen-bond donors (Lipinski definition) is 0. The van der Waals surface area contributed by atoms with E-state index < -0.39 is 0 Å². The van der Waals surface area contributed by atoms with E-state index in [1.165, 1.54) is 4.90 Å². The van der Waals surface area contributed by atoms with E-state index in [9.17, 15) is 0 Å². The summed E-state index contributed by atoms with van der Waals surface area (Å²) in [5.74, 6) is 0.609. The van der Waals surface area contributed by atoms with Crippen LogP contribution in [-0.2, 0) is 4.74 Å². The largest absolute Gasteiger partial charge is 0.501 e. The normalized spacial score (nSPS) is 24.4. The van der Waals surface area contributed by atoms with Gasteiger partial charge in [-0.05, 0) is 24.1 Å². The summed E-state index contributed by atoms with van der Waals surface area (Å²) in [5.41, 5.74) is 0. The molecule has 86 valence electrons. The highest BCUT2D eigenvalue weighted by Crippen LogP contribution is 2.43. The lowest BCUT2D eigenvalue weighted by molar-refractivity contribution is 0.204.